The summed E-state index contributed by atoms with van der Waals surface area (Å²) in [4.78, 5) is 1.93. The van der Waals surface area contributed by atoms with Crippen molar-refractivity contribution >= 4 is 63.7 Å². The lowest BCUT2D eigenvalue weighted by molar-refractivity contribution is 0.758. The topological polar surface area (TPSA) is 0 Å². The van der Waals surface area contributed by atoms with E-state index >= 15 is 0 Å². The van der Waals surface area contributed by atoms with Crippen molar-refractivity contribution in [3.63, 3.8) is 0 Å². The van der Waals surface area contributed by atoms with Crippen molar-refractivity contribution in [2.75, 3.05) is 0 Å². The number of benzene rings is 1. The molecule has 1 aromatic carbocycles. The van der Waals surface area contributed by atoms with Gasteiger partial charge in [0, 0.05) is 0 Å². The van der Waals surface area contributed by atoms with Gasteiger partial charge in [-0.2, -0.15) is 0 Å². The molecule has 0 heterocycles. The average molecular weight is 446 g/mol. The Hall–Kier alpha value is 1.14. The van der Waals surface area contributed by atoms with Crippen LogP contribution in [0.5, 0.6) is 0 Å². The molecule has 0 spiro atoms. The van der Waals surface area contributed by atoms with E-state index in [4.69, 9.17) is 0 Å². The van der Waals surface area contributed by atoms with Crippen molar-refractivity contribution in [1.82, 2.24) is 0 Å². The largest absolute Gasteiger partial charge is 0.0823 e. The third-order valence-electron chi connectivity index (χ3n) is 2.99. The summed E-state index contributed by atoms with van der Waals surface area (Å²) in [5.74, 6) is 0. The van der Waals surface area contributed by atoms with Gasteiger partial charge in [0.2, 0.25) is 0 Å². The van der Waals surface area contributed by atoms with Gasteiger partial charge in [-0.05, 0) is 22.3 Å². The highest BCUT2D eigenvalue weighted by Gasteiger charge is 2.41. The predicted octanol–water partition coefficient (Wildman–Crippen LogP) is 5.46. The molecule has 0 unspecified atom stereocenters. The maximum absolute atomic E-state index is 3.67. The second-order valence-corrected chi connectivity index (χ2v) is 7.66. The summed E-state index contributed by atoms with van der Waals surface area (Å²) in [5, 5.41) is 0. The zero-order valence-electron chi connectivity index (χ0n) is 6.98. The molecule has 74 valence electrons. The average Bonchev–Trinajstić information content (AvgIpc) is 2.24. The Bertz CT molecular complexity index is 341. The van der Waals surface area contributed by atoms with Gasteiger partial charge >= 0.3 is 0 Å². The first-order chi connectivity index (χ1) is 6.61. The Morgan fingerprint density at radius 2 is 0.786 bits per heavy atom. The highest BCUT2D eigenvalue weighted by atomic mass is 79.9. The maximum Gasteiger partial charge on any atom is 0.0564 e. The maximum atomic E-state index is 3.67. The first-order valence-corrected chi connectivity index (χ1v) is 8.01. The number of hydrogen-bond donors (Lipinski definition) is 0. The SMILES string of the molecule is Br[C@@H]1c2cc3c(cc2[C@H]1Br)[C@@H](Br)[C@@H]3Br. The first kappa shape index (κ1) is 10.3. The molecule has 0 fully saturated rings. The van der Waals surface area contributed by atoms with Gasteiger partial charge in [0.25, 0.3) is 0 Å². The molecule has 4 atom stereocenters. The Labute approximate surface area is 116 Å². The molecule has 0 bridgehead atoms. The molecule has 0 aromatic heterocycles. The molecule has 3 rings (SSSR count). The van der Waals surface area contributed by atoms with Crippen molar-refractivity contribution in [3.05, 3.63) is 34.4 Å². The lowest BCUT2D eigenvalue weighted by atomic mass is 9.78. The van der Waals surface area contributed by atoms with Gasteiger partial charge in [-0.1, -0.05) is 75.9 Å². The summed E-state index contributed by atoms with van der Waals surface area (Å²) in [5.41, 5.74) is 5.76. The van der Waals surface area contributed by atoms with Crippen molar-refractivity contribution in [2.45, 2.75) is 19.3 Å². The summed E-state index contributed by atoms with van der Waals surface area (Å²) < 4.78 is 0. The molecule has 2 aliphatic rings. The van der Waals surface area contributed by atoms with Crippen molar-refractivity contribution in [2.24, 2.45) is 0 Å². The van der Waals surface area contributed by atoms with Crippen LogP contribution in [-0.2, 0) is 0 Å². The first-order valence-electron chi connectivity index (χ1n) is 4.35. The minimum absolute atomic E-state index is 0.483. The van der Waals surface area contributed by atoms with Crippen LogP contribution in [0, 0.1) is 0 Å². The lowest BCUT2D eigenvalue weighted by Crippen LogP contribution is -2.22. The highest BCUT2D eigenvalue weighted by molar-refractivity contribution is 9.12. The van der Waals surface area contributed by atoms with Crippen LogP contribution in [0.15, 0.2) is 12.1 Å². The molecular formula is C10H6Br4. The van der Waals surface area contributed by atoms with Gasteiger partial charge in [-0.25, -0.2) is 0 Å². The number of rotatable bonds is 0. The lowest BCUT2D eigenvalue weighted by Gasteiger charge is -2.39. The summed E-state index contributed by atoms with van der Waals surface area (Å²) in [6.07, 6.45) is 0. The van der Waals surface area contributed by atoms with Crippen LogP contribution in [0.3, 0.4) is 0 Å². The van der Waals surface area contributed by atoms with Crippen LogP contribution in [0.25, 0.3) is 0 Å². The minimum atomic E-state index is 0.483. The van der Waals surface area contributed by atoms with Crippen LogP contribution in [0.1, 0.15) is 41.6 Å². The fourth-order valence-corrected chi connectivity index (χ4v) is 4.79. The number of fused-ring (bicyclic) bond motifs is 2. The molecule has 0 N–H and O–H groups in total. The normalized spacial score (nSPS) is 38.0. The van der Waals surface area contributed by atoms with Crippen LogP contribution < -0.4 is 0 Å². The molecule has 0 saturated heterocycles. The van der Waals surface area contributed by atoms with Crippen molar-refractivity contribution < 1.29 is 0 Å². The molecule has 4 heteroatoms. The Morgan fingerprint density at radius 1 is 0.571 bits per heavy atom. The van der Waals surface area contributed by atoms with Crippen LogP contribution in [-0.4, -0.2) is 0 Å². The molecule has 2 aliphatic carbocycles. The van der Waals surface area contributed by atoms with Crippen LogP contribution >= 0.6 is 63.7 Å². The molecular weight excluding hydrogens is 440 g/mol. The quantitative estimate of drug-likeness (QED) is 0.465. The zero-order chi connectivity index (χ0) is 10.0. The van der Waals surface area contributed by atoms with Gasteiger partial charge in [0.15, 0.2) is 0 Å². The van der Waals surface area contributed by atoms with Gasteiger partial charge in [0.05, 0.1) is 19.3 Å². The second kappa shape index (κ2) is 3.31. The molecule has 0 saturated carbocycles. The zero-order valence-corrected chi connectivity index (χ0v) is 13.3. The molecule has 0 nitrogen and oxygen atoms in total. The Kier molecular flexibility index (Phi) is 2.44. The van der Waals surface area contributed by atoms with E-state index in [2.05, 4.69) is 75.9 Å². The van der Waals surface area contributed by atoms with Crippen molar-refractivity contribution in [3.8, 4) is 0 Å². The van der Waals surface area contributed by atoms with E-state index in [0.29, 0.717) is 19.3 Å². The van der Waals surface area contributed by atoms with E-state index < -0.39 is 0 Å². The molecule has 1 aromatic rings. The summed E-state index contributed by atoms with van der Waals surface area (Å²) in [6, 6.07) is 4.64. The third kappa shape index (κ3) is 1.14. The van der Waals surface area contributed by atoms with E-state index in [0.717, 1.165) is 0 Å². The summed E-state index contributed by atoms with van der Waals surface area (Å²) >= 11 is 14.7. The van der Waals surface area contributed by atoms with E-state index in [1.165, 1.54) is 22.3 Å². The smallest absolute Gasteiger partial charge is 0.0564 e. The summed E-state index contributed by atoms with van der Waals surface area (Å²) in [6.45, 7) is 0. The van der Waals surface area contributed by atoms with Gasteiger partial charge in [0.1, 0.15) is 0 Å². The predicted molar refractivity (Wildman–Crippen MR) is 73.1 cm³/mol. The molecule has 0 radical (unpaired) electrons. The van der Waals surface area contributed by atoms with Gasteiger partial charge < -0.3 is 0 Å². The minimum Gasteiger partial charge on any atom is -0.0823 e. The number of alkyl halides is 4. The standard InChI is InChI=1S/C10H6Br4/c11-7-3-1-4-6(10(14)8(4)12)2-5(3)9(7)13/h1-2,7-10H/t7-,8-,9-,10-/m1/s1. The van der Waals surface area contributed by atoms with E-state index in [1.54, 1.807) is 0 Å². The Morgan fingerprint density at radius 3 is 1.00 bits per heavy atom. The Balaban J connectivity index is 2.14. The van der Waals surface area contributed by atoms with E-state index in [9.17, 15) is 0 Å². The number of hydrogen-bond acceptors (Lipinski definition) is 0. The second-order valence-electron chi connectivity index (χ2n) is 3.72. The molecule has 14 heavy (non-hydrogen) atoms. The van der Waals surface area contributed by atoms with Crippen molar-refractivity contribution in [1.29, 1.82) is 0 Å². The molecule has 0 amide bonds. The van der Waals surface area contributed by atoms with Gasteiger partial charge in [-0.15, -0.1) is 0 Å². The van der Waals surface area contributed by atoms with Gasteiger partial charge in [-0.3, -0.25) is 0 Å². The number of halogens is 4. The third-order valence-corrected chi connectivity index (χ3v) is 8.50. The molecule has 0 aliphatic heterocycles. The fourth-order valence-electron chi connectivity index (χ4n) is 2.06. The fraction of sp³-hybridized carbons (Fsp3) is 0.400. The van der Waals surface area contributed by atoms with Crippen LogP contribution in [0.4, 0.5) is 0 Å². The van der Waals surface area contributed by atoms with Crippen LogP contribution in [0.2, 0.25) is 0 Å². The summed E-state index contributed by atoms with van der Waals surface area (Å²) in [7, 11) is 0. The van der Waals surface area contributed by atoms with E-state index in [-0.39, 0.29) is 0 Å². The van der Waals surface area contributed by atoms with E-state index in [1.807, 2.05) is 0 Å². The monoisotopic (exact) mass is 442 g/mol. The highest BCUT2D eigenvalue weighted by Crippen LogP contribution is 2.61.